The summed E-state index contributed by atoms with van der Waals surface area (Å²) in [6.07, 6.45) is 0. The largest absolute Gasteiger partial charge is 0.508 e. The van der Waals surface area contributed by atoms with Crippen molar-refractivity contribution in [3.63, 3.8) is 0 Å². The van der Waals surface area contributed by atoms with E-state index in [1.807, 2.05) is 0 Å². The minimum absolute atomic E-state index is 0.101. The van der Waals surface area contributed by atoms with Crippen molar-refractivity contribution in [1.29, 1.82) is 0 Å². The number of aromatic hydroxyl groups is 1. The van der Waals surface area contributed by atoms with Gasteiger partial charge in [0.15, 0.2) is 0 Å². The number of hydrogen-bond donors (Lipinski definition) is 2. The third kappa shape index (κ3) is 3.29. The summed E-state index contributed by atoms with van der Waals surface area (Å²) in [5, 5.41) is 11.9. The average molecular weight is 340 g/mol. The molecule has 8 heteroatoms. The van der Waals surface area contributed by atoms with E-state index in [1.54, 1.807) is 19.1 Å². The predicted octanol–water partition coefficient (Wildman–Crippen LogP) is 2.26. The second kappa shape index (κ2) is 6.07. The summed E-state index contributed by atoms with van der Waals surface area (Å²) in [5.74, 6) is -0.289. The lowest BCUT2D eigenvalue weighted by Gasteiger charge is -2.10. The molecule has 118 valence electrons. The summed E-state index contributed by atoms with van der Waals surface area (Å²) >= 11 is 1.12. The first-order chi connectivity index (χ1) is 10.2. The quantitative estimate of drug-likeness (QED) is 0.836. The highest BCUT2D eigenvalue weighted by molar-refractivity contribution is 7.89. The summed E-state index contributed by atoms with van der Waals surface area (Å²) < 4.78 is 25.4. The lowest BCUT2D eigenvalue weighted by Crippen LogP contribution is -2.22. The maximum absolute atomic E-state index is 12.2. The number of carbonyl (C=O) groups is 1. The summed E-state index contributed by atoms with van der Waals surface area (Å²) in [6.45, 7) is 1.67. The molecule has 0 atom stereocenters. The SMILES string of the molecule is Cc1sc(C(=O)Nc2ccc(O)cc2)cc1S(=O)(=O)N(C)C. The molecule has 0 aliphatic carbocycles. The monoisotopic (exact) mass is 340 g/mol. The number of carbonyl (C=O) groups excluding carboxylic acids is 1. The molecule has 0 aliphatic rings. The third-order valence-electron chi connectivity index (χ3n) is 2.98. The van der Waals surface area contributed by atoms with Gasteiger partial charge in [0.05, 0.1) is 9.77 Å². The van der Waals surface area contributed by atoms with Gasteiger partial charge >= 0.3 is 0 Å². The van der Waals surface area contributed by atoms with Crippen LogP contribution in [0.2, 0.25) is 0 Å². The second-order valence-electron chi connectivity index (χ2n) is 4.82. The molecule has 2 rings (SSSR count). The summed E-state index contributed by atoms with van der Waals surface area (Å²) in [5.41, 5.74) is 0.519. The first-order valence-electron chi connectivity index (χ1n) is 6.35. The van der Waals surface area contributed by atoms with Crippen molar-refractivity contribution in [3.8, 4) is 5.75 Å². The van der Waals surface area contributed by atoms with E-state index in [4.69, 9.17) is 0 Å². The number of sulfonamides is 1. The van der Waals surface area contributed by atoms with Gasteiger partial charge in [-0.1, -0.05) is 0 Å². The van der Waals surface area contributed by atoms with Crippen LogP contribution in [-0.2, 0) is 10.0 Å². The summed E-state index contributed by atoms with van der Waals surface area (Å²) in [4.78, 5) is 13.2. The Morgan fingerprint density at radius 3 is 2.36 bits per heavy atom. The van der Waals surface area contributed by atoms with Gasteiger partial charge in [-0.05, 0) is 37.3 Å². The van der Waals surface area contributed by atoms with Crippen LogP contribution in [0, 0.1) is 6.92 Å². The van der Waals surface area contributed by atoms with Crippen LogP contribution >= 0.6 is 11.3 Å². The minimum Gasteiger partial charge on any atom is -0.508 e. The molecule has 0 unspecified atom stereocenters. The molecular weight excluding hydrogens is 324 g/mol. The number of rotatable bonds is 4. The number of aryl methyl sites for hydroxylation is 1. The number of thiophene rings is 1. The van der Waals surface area contributed by atoms with Gasteiger partial charge < -0.3 is 10.4 Å². The minimum atomic E-state index is -3.57. The van der Waals surface area contributed by atoms with Gasteiger partial charge in [-0.2, -0.15) is 0 Å². The van der Waals surface area contributed by atoms with E-state index in [2.05, 4.69) is 5.32 Å². The molecule has 2 aromatic rings. The van der Waals surface area contributed by atoms with Crippen LogP contribution in [-0.4, -0.2) is 37.8 Å². The highest BCUT2D eigenvalue weighted by Crippen LogP contribution is 2.28. The molecule has 0 bridgehead atoms. The maximum atomic E-state index is 12.2. The highest BCUT2D eigenvalue weighted by atomic mass is 32.2. The number of benzene rings is 1. The Kier molecular flexibility index (Phi) is 4.55. The third-order valence-corrected chi connectivity index (χ3v) is 6.10. The van der Waals surface area contributed by atoms with E-state index in [0.29, 0.717) is 15.4 Å². The highest BCUT2D eigenvalue weighted by Gasteiger charge is 2.24. The molecule has 1 amide bonds. The molecule has 2 N–H and O–H groups in total. The fourth-order valence-corrected chi connectivity index (χ4v) is 4.12. The molecular formula is C14H16N2O4S2. The fourth-order valence-electron chi connectivity index (χ4n) is 1.77. The van der Waals surface area contributed by atoms with Crippen molar-refractivity contribution in [1.82, 2.24) is 4.31 Å². The zero-order valence-corrected chi connectivity index (χ0v) is 14.0. The molecule has 1 aromatic carbocycles. The molecule has 0 spiro atoms. The Hall–Kier alpha value is -1.90. The Bertz CT molecular complexity index is 793. The molecule has 0 aliphatic heterocycles. The van der Waals surface area contributed by atoms with Crippen molar-refractivity contribution in [2.24, 2.45) is 0 Å². The number of nitrogens with zero attached hydrogens (tertiary/aromatic N) is 1. The lowest BCUT2D eigenvalue weighted by molar-refractivity contribution is 0.103. The number of hydrogen-bond acceptors (Lipinski definition) is 5. The zero-order valence-electron chi connectivity index (χ0n) is 12.3. The van der Waals surface area contributed by atoms with E-state index in [-0.39, 0.29) is 16.6 Å². The van der Waals surface area contributed by atoms with Crippen molar-refractivity contribution >= 4 is 33.0 Å². The van der Waals surface area contributed by atoms with Crippen LogP contribution in [0.25, 0.3) is 0 Å². The van der Waals surface area contributed by atoms with Crippen molar-refractivity contribution in [2.75, 3.05) is 19.4 Å². The van der Waals surface area contributed by atoms with Crippen molar-refractivity contribution in [3.05, 3.63) is 40.1 Å². The van der Waals surface area contributed by atoms with E-state index < -0.39 is 10.0 Å². The van der Waals surface area contributed by atoms with Crippen LogP contribution in [0.3, 0.4) is 0 Å². The topological polar surface area (TPSA) is 86.7 Å². The van der Waals surface area contributed by atoms with Crippen molar-refractivity contribution in [2.45, 2.75) is 11.8 Å². The van der Waals surface area contributed by atoms with Crippen molar-refractivity contribution < 1.29 is 18.3 Å². The molecule has 0 saturated carbocycles. The van der Waals surface area contributed by atoms with E-state index in [1.165, 1.54) is 32.3 Å². The lowest BCUT2D eigenvalue weighted by atomic mass is 10.3. The van der Waals surface area contributed by atoms with E-state index in [9.17, 15) is 18.3 Å². The molecule has 0 radical (unpaired) electrons. The number of anilines is 1. The van der Waals surface area contributed by atoms with Gasteiger partial charge in [0.1, 0.15) is 5.75 Å². The first-order valence-corrected chi connectivity index (χ1v) is 8.61. The van der Waals surface area contributed by atoms with Gasteiger partial charge in [0, 0.05) is 24.7 Å². The van der Waals surface area contributed by atoms with Gasteiger partial charge in [0.2, 0.25) is 10.0 Å². The van der Waals surface area contributed by atoms with Crippen LogP contribution in [0.1, 0.15) is 14.5 Å². The van der Waals surface area contributed by atoms with Crippen LogP contribution in [0.4, 0.5) is 5.69 Å². The molecule has 0 saturated heterocycles. The smallest absolute Gasteiger partial charge is 0.265 e. The normalized spacial score (nSPS) is 11.6. The Labute approximate surface area is 133 Å². The second-order valence-corrected chi connectivity index (χ2v) is 8.20. The Balaban J connectivity index is 2.27. The number of nitrogens with one attached hydrogen (secondary N) is 1. The number of phenolic OH excluding ortho intramolecular Hbond substituents is 1. The molecule has 1 aromatic heterocycles. The van der Waals surface area contributed by atoms with Gasteiger partial charge in [-0.25, -0.2) is 12.7 Å². The standard InChI is InChI=1S/C14H16N2O4S2/c1-9-13(22(19,20)16(2)3)8-12(21-9)14(18)15-10-4-6-11(17)7-5-10/h4-8,17H,1-3H3,(H,15,18). The Morgan fingerprint density at radius 1 is 1.23 bits per heavy atom. The zero-order chi connectivity index (χ0) is 16.5. The van der Waals surface area contributed by atoms with E-state index >= 15 is 0 Å². The molecule has 22 heavy (non-hydrogen) atoms. The van der Waals surface area contributed by atoms with Gasteiger partial charge in [-0.15, -0.1) is 11.3 Å². The maximum Gasteiger partial charge on any atom is 0.265 e. The summed E-state index contributed by atoms with van der Waals surface area (Å²) in [7, 11) is -0.674. The van der Waals surface area contributed by atoms with Crippen LogP contribution in [0.5, 0.6) is 5.75 Å². The van der Waals surface area contributed by atoms with Gasteiger partial charge in [0.25, 0.3) is 5.91 Å². The average Bonchev–Trinajstić information content (AvgIpc) is 2.84. The Morgan fingerprint density at radius 2 is 1.82 bits per heavy atom. The predicted molar refractivity (Wildman–Crippen MR) is 86.0 cm³/mol. The fraction of sp³-hybridized carbons (Fsp3) is 0.214. The summed E-state index contributed by atoms with van der Waals surface area (Å²) in [6, 6.07) is 7.41. The molecule has 0 fully saturated rings. The van der Waals surface area contributed by atoms with Crippen LogP contribution in [0.15, 0.2) is 35.2 Å². The molecule has 6 nitrogen and oxygen atoms in total. The van der Waals surface area contributed by atoms with Crippen LogP contribution < -0.4 is 5.32 Å². The van der Waals surface area contributed by atoms with E-state index in [0.717, 1.165) is 15.6 Å². The molecule has 1 heterocycles. The van der Waals surface area contributed by atoms with Gasteiger partial charge in [-0.3, -0.25) is 4.79 Å². The number of amides is 1. The number of phenols is 1. The first kappa shape index (κ1) is 16.5.